The maximum atomic E-state index is 12.6. The molecule has 0 saturated heterocycles. The summed E-state index contributed by atoms with van der Waals surface area (Å²) in [7, 11) is 0. The van der Waals surface area contributed by atoms with Gasteiger partial charge in [-0.2, -0.15) is 5.10 Å². The molecule has 1 fully saturated rings. The molecular weight excluding hydrogens is 496 g/mol. The summed E-state index contributed by atoms with van der Waals surface area (Å²) in [6.45, 7) is 5.50. The van der Waals surface area contributed by atoms with E-state index in [-0.39, 0.29) is 16.9 Å². The first-order valence-electron chi connectivity index (χ1n) is 12.7. The van der Waals surface area contributed by atoms with Crippen molar-refractivity contribution in [1.82, 2.24) is 19.9 Å². The number of primary amides is 2. The number of hydrogen-bond acceptors (Lipinski definition) is 6. The predicted molar refractivity (Wildman–Crippen MR) is 146 cm³/mol. The van der Waals surface area contributed by atoms with Crippen molar-refractivity contribution in [1.29, 1.82) is 0 Å². The van der Waals surface area contributed by atoms with E-state index in [1.807, 2.05) is 75.4 Å². The molecule has 5 rings (SSSR count). The molecule has 0 radical (unpaired) electrons. The van der Waals surface area contributed by atoms with Crippen molar-refractivity contribution in [2.24, 2.45) is 11.5 Å². The topological polar surface area (TPSA) is 155 Å². The summed E-state index contributed by atoms with van der Waals surface area (Å²) in [6.07, 6.45) is 2.15. The predicted octanol–water partition coefficient (Wildman–Crippen LogP) is 4.17. The van der Waals surface area contributed by atoms with Gasteiger partial charge in [-0.25, -0.2) is 14.3 Å². The Morgan fingerprint density at radius 2 is 1.62 bits per heavy atom. The number of ether oxygens (including phenoxy) is 1. The minimum atomic E-state index is -0.790. The van der Waals surface area contributed by atoms with Crippen LogP contribution in [0.5, 0.6) is 0 Å². The Kier molecular flexibility index (Phi) is 6.33. The Morgan fingerprint density at radius 1 is 0.949 bits per heavy atom. The van der Waals surface area contributed by atoms with Gasteiger partial charge in [0.2, 0.25) is 0 Å². The summed E-state index contributed by atoms with van der Waals surface area (Å²) in [5.41, 5.74) is 13.8. The largest absolute Gasteiger partial charge is 0.444 e. The summed E-state index contributed by atoms with van der Waals surface area (Å²) >= 11 is 0. The average molecular weight is 527 g/mol. The third kappa shape index (κ3) is 4.93. The molecule has 3 amide bonds. The SMILES string of the molecule is CC(C)(C)OC(=O)NC1(c2ccc(-c3nc4c(C(N)=O)cc(C(N)=O)nn4c3-c3ccccc3)cc2)CCC1. The summed E-state index contributed by atoms with van der Waals surface area (Å²) in [6, 6.07) is 18.4. The average Bonchev–Trinajstić information content (AvgIpc) is 3.24. The highest BCUT2D eigenvalue weighted by Crippen LogP contribution is 2.42. The molecule has 1 saturated carbocycles. The van der Waals surface area contributed by atoms with Crippen molar-refractivity contribution in [3.8, 4) is 22.5 Å². The molecule has 0 spiro atoms. The van der Waals surface area contributed by atoms with Crippen molar-refractivity contribution >= 4 is 23.6 Å². The highest BCUT2D eigenvalue weighted by Gasteiger charge is 2.41. The van der Waals surface area contributed by atoms with Crippen molar-refractivity contribution in [3.63, 3.8) is 0 Å². The molecule has 5 N–H and O–H groups in total. The first-order valence-corrected chi connectivity index (χ1v) is 12.7. The standard InChI is InChI=1S/C29H30N6O4/c1-28(2,3)39-27(38)33-29(14-7-15-29)19-12-10-17(11-13-19)22-23(18-8-5-4-6-9-18)35-26(32-22)20(24(30)36)16-21(34-35)25(31)37/h4-6,8-13,16H,7,14-15H2,1-3H3,(H2,30,36)(H2,31,37)(H,33,38). The fourth-order valence-electron chi connectivity index (χ4n) is 4.84. The van der Waals surface area contributed by atoms with Gasteiger partial charge in [0.25, 0.3) is 11.8 Å². The maximum absolute atomic E-state index is 12.6. The van der Waals surface area contributed by atoms with Gasteiger partial charge in [-0.05, 0) is 51.7 Å². The highest BCUT2D eigenvalue weighted by molar-refractivity contribution is 6.02. The number of amides is 3. The van der Waals surface area contributed by atoms with Gasteiger partial charge in [0.05, 0.1) is 16.8 Å². The Hall–Kier alpha value is -4.73. The Morgan fingerprint density at radius 3 is 2.15 bits per heavy atom. The highest BCUT2D eigenvalue weighted by atomic mass is 16.6. The van der Waals surface area contributed by atoms with Gasteiger partial charge < -0.3 is 21.5 Å². The zero-order valence-corrected chi connectivity index (χ0v) is 22.0. The fourth-order valence-corrected chi connectivity index (χ4v) is 4.84. The normalized spacial score (nSPS) is 14.4. The number of nitrogens with zero attached hydrogens (tertiary/aromatic N) is 3. The lowest BCUT2D eigenvalue weighted by Gasteiger charge is -2.43. The van der Waals surface area contributed by atoms with Crippen LogP contribution in [0.15, 0.2) is 60.7 Å². The molecule has 200 valence electrons. The molecule has 0 bridgehead atoms. The number of hydrogen-bond donors (Lipinski definition) is 3. The van der Waals surface area contributed by atoms with Crippen LogP contribution in [-0.4, -0.2) is 38.1 Å². The molecule has 0 atom stereocenters. The third-order valence-corrected chi connectivity index (χ3v) is 6.81. The van der Waals surface area contributed by atoms with E-state index in [9.17, 15) is 14.4 Å². The number of nitrogens with two attached hydrogens (primary N) is 2. The van der Waals surface area contributed by atoms with E-state index in [0.717, 1.165) is 36.0 Å². The van der Waals surface area contributed by atoms with E-state index >= 15 is 0 Å². The lowest BCUT2D eigenvalue weighted by atomic mass is 9.71. The van der Waals surface area contributed by atoms with Gasteiger partial charge in [0, 0.05) is 11.1 Å². The molecular formula is C29H30N6O4. The number of alkyl carbamates (subject to hydrolysis) is 1. The molecule has 1 aliphatic rings. The van der Waals surface area contributed by atoms with Crippen LogP contribution in [0, 0.1) is 0 Å². The van der Waals surface area contributed by atoms with Crippen molar-refractivity contribution in [2.45, 2.75) is 51.2 Å². The summed E-state index contributed by atoms with van der Waals surface area (Å²) in [5, 5.41) is 7.46. The number of fused-ring (bicyclic) bond motifs is 1. The lowest BCUT2D eigenvalue weighted by Crippen LogP contribution is -2.52. The number of nitrogens with one attached hydrogen (secondary N) is 1. The first-order chi connectivity index (χ1) is 18.5. The first kappa shape index (κ1) is 25.9. The molecule has 10 heteroatoms. The van der Waals surface area contributed by atoms with E-state index in [1.165, 1.54) is 10.6 Å². The van der Waals surface area contributed by atoms with E-state index in [4.69, 9.17) is 21.2 Å². The second-order valence-corrected chi connectivity index (χ2v) is 10.7. The minimum Gasteiger partial charge on any atom is -0.444 e. The molecule has 1 aliphatic carbocycles. The van der Waals surface area contributed by atoms with Crippen molar-refractivity contribution in [2.75, 3.05) is 0 Å². The quantitative estimate of drug-likeness (QED) is 0.343. The molecule has 2 aromatic carbocycles. The van der Waals surface area contributed by atoms with Crippen molar-refractivity contribution in [3.05, 3.63) is 77.5 Å². The van der Waals surface area contributed by atoms with E-state index in [0.29, 0.717) is 11.4 Å². The van der Waals surface area contributed by atoms with E-state index in [2.05, 4.69) is 10.4 Å². The number of imidazole rings is 1. The second-order valence-electron chi connectivity index (χ2n) is 10.7. The van der Waals surface area contributed by atoms with Crippen molar-refractivity contribution < 1.29 is 19.1 Å². The van der Waals surface area contributed by atoms with Gasteiger partial charge in [0.15, 0.2) is 5.65 Å². The monoisotopic (exact) mass is 526 g/mol. The Labute approximate surface area is 225 Å². The number of benzene rings is 2. The van der Waals surface area contributed by atoms with Crippen LogP contribution >= 0.6 is 0 Å². The van der Waals surface area contributed by atoms with Crippen LogP contribution < -0.4 is 16.8 Å². The van der Waals surface area contributed by atoms with E-state index < -0.39 is 29.0 Å². The number of carbonyl (C=O) groups is 3. The Bertz CT molecular complexity index is 1580. The number of aromatic nitrogens is 3. The molecule has 2 aromatic heterocycles. The zero-order chi connectivity index (χ0) is 27.9. The smallest absolute Gasteiger partial charge is 0.408 e. The zero-order valence-electron chi connectivity index (χ0n) is 22.0. The molecule has 4 aromatic rings. The van der Waals surface area contributed by atoms with Crippen LogP contribution in [0.25, 0.3) is 28.2 Å². The van der Waals surface area contributed by atoms with Gasteiger partial charge in [0.1, 0.15) is 17.0 Å². The molecule has 0 unspecified atom stereocenters. The lowest BCUT2D eigenvalue weighted by molar-refractivity contribution is 0.0377. The summed E-state index contributed by atoms with van der Waals surface area (Å²) in [5.74, 6) is -1.54. The molecule has 2 heterocycles. The van der Waals surface area contributed by atoms with Crippen LogP contribution in [0.2, 0.25) is 0 Å². The minimum absolute atomic E-state index is 0.0360. The third-order valence-electron chi connectivity index (χ3n) is 6.81. The van der Waals surface area contributed by atoms with Crippen LogP contribution in [0.1, 0.15) is 66.4 Å². The molecule has 0 aliphatic heterocycles. The van der Waals surface area contributed by atoms with Gasteiger partial charge >= 0.3 is 6.09 Å². The summed E-state index contributed by atoms with van der Waals surface area (Å²) < 4.78 is 6.94. The number of carbonyl (C=O) groups excluding carboxylic acids is 3. The molecule has 39 heavy (non-hydrogen) atoms. The summed E-state index contributed by atoms with van der Waals surface area (Å²) in [4.78, 5) is 41.6. The number of rotatable bonds is 6. The molecule has 10 nitrogen and oxygen atoms in total. The second kappa shape index (κ2) is 9.54. The van der Waals surface area contributed by atoms with Crippen LogP contribution in [-0.2, 0) is 10.3 Å². The van der Waals surface area contributed by atoms with E-state index in [1.54, 1.807) is 0 Å². The van der Waals surface area contributed by atoms with Gasteiger partial charge in [-0.3, -0.25) is 9.59 Å². The fraction of sp³-hybridized carbons (Fsp3) is 0.276. The van der Waals surface area contributed by atoms with Crippen LogP contribution in [0.3, 0.4) is 0 Å². The maximum Gasteiger partial charge on any atom is 0.408 e. The van der Waals surface area contributed by atoms with Crippen LogP contribution in [0.4, 0.5) is 4.79 Å². The van der Waals surface area contributed by atoms with Gasteiger partial charge in [-0.1, -0.05) is 54.6 Å². The Balaban J connectivity index is 1.61. The van der Waals surface area contributed by atoms with Gasteiger partial charge in [-0.15, -0.1) is 0 Å².